The van der Waals surface area contributed by atoms with Gasteiger partial charge in [-0.2, -0.15) is 0 Å². The average molecular weight is 538 g/mol. The molecule has 1 fully saturated rings. The van der Waals surface area contributed by atoms with Crippen molar-refractivity contribution in [1.82, 2.24) is 5.32 Å². The Labute approximate surface area is 225 Å². The van der Waals surface area contributed by atoms with Crippen LogP contribution in [0.4, 0.5) is 0 Å². The monoisotopic (exact) mass is 537 g/mol. The summed E-state index contributed by atoms with van der Waals surface area (Å²) in [5, 5.41) is 35.5. The molecule has 4 rings (SSSR count). The van der Waals surface area contributed by atoms with E-state index in [0.717, 1.165) is 12.2 Å². The zero-order chi connectivity index (χ0) is 28.8. The molecule has 1 aliphatic carbocycles. The number of allylic oxidation sites excluding steroid dienone is 2. The summed E-state index contributed by atoms with van der Waals surface area (Å²) in [6.07, 6.45) is 3.79. The molecule has 5 atom stereocenters. The van der Waals surface area contributed by atoms with Crippen molar-refractivity contribution in [3.05, 3.63) is 63.9 Å². The highest BCUT2D eigenvalue weighted by atomic mass is 16.6. The molecule has 1 amide bonds. The maximum Gasteiger partial charge on any atom is 0.379 e. The standard InChI is InChI=1S/C29H31NO9/c1-5-16-6-8-19(32)24-23-17(10-13(2)25(24)34)29(38)18(27(36)30-22(29)12-20(23)33)11-14(3)26(35)28(37)39-21(9-7-16)15(4)31/h7,9-12,15-16,18,21,31,34,38H,5-6,8H2,1-4H3,(H,30,36). The van der Waals surface area contributed by atoms with Crippen molar-refractivity contribution in [2.24, 2.45) is 11.8 Å². The maximum atomic E-state index is 13.5. The lowest BCUT2D eigenvalue weighted by Gasteiger charge is -2.34. The summed E-state index contributed by atoms with van der Waals surface area (Å²) in [5.74, 6) is -6.31. The van der Waals surface area contributed by atoms with Gasteiger partial charge in [-0.05, 0) is 57.2 Å². The zero-order valence-corrected chi connectivity index (χ0v) is 22.1. The van der Waals surface area contributed by atoms with Crippen molar-refractivity contribution < 1.29 is 44.0 Å². The number of aryl methyl sites for hydroxylation is 1. The highest BCUT2D eigenvalue weighted by Gasteiger charge is 2.55. The summed E-state index contributed by atoms with van der Waals surface area (Å²) in [7, 11) is 0. The summed E-state index contributed by atoms with van der Waals surface area (Å²) >= 11 is 0. The molecule has 0 radical (unpaired) electrons. The molecule has 1 saturated heterocycles. The van der Waals surface area contributed by atoms with Crippen LogP contribution in [0, 0.1) is 18.8 Å². The molecular weight excluding hydrogens is 506 g/mol. The van der Waals surface area contributed by atoms with Crippen LogP contribution in [-0.4, -0.2) is 56.8 Å². The molecule has 0 aromatic heterocycles. The van der Waals surface area contributed by atoms with E-state index in [1.165, 1.54) is 32.9 Å². The third kappa shape index (κ3) is 4.74. The number of aliphatic hydroxyl groups is 2. The minimum atomic E-state index is -2.18. The van der Waals surface area contributed by atoms with Crippen LogP contribution in [0.25, 0.3) is 0 Å². The highest BCUT2D eigenvalue weighted by molar-refractivity contribution is 6.40. The van der Waals surface area contributed by atoms with E-state index in [4.69, 9.17) is 4.74 Å². The van der Waals surface area contributed by atoms with Gasteiger partial charge >= 0.3 is 5.97 Å². The van der Waals surface area contributed by atoms with Crippen LogP contribution in [0.15, 0.2) is 41.6 Å². The molecule has 10 nitrogen and oxygen atoms in total. The first-order chi connectivity index (χ1) is 18.3. The summed E-state index contributed by atoms with van der Waals surface area (Å²) in [6, 6.07) is 1.35. The van der Waals surface area contributed by atoms with Crippen LogP contribution < -0.4 is 5.32 Å². The molecule has 5 unspecified atom stereocenters. The van der Waals surface area contributed by atoms with Crippen molar-refractivity contribution in [3.63, 3.8) is 0 Å². The number of carbonyl (C=O) groups is 5. The SMILES string of the molecule is CCC1C=CC(C(C)O)OC(=O)C(=O)C(C)=CC2C(=O)NC3=CC(=O)c4c(cc(C)c(O)c4C(=O)CC1)C32O. The Bertz CT molecular complexity index is 1380. The van der Waals surface area contributed by atoms with E-state index >= 15 is 0 Å². The highest BCUT2D eigenvalue weighted by Crippen LogP contribution is 2.49. The number of phenolic OH excluding ortho intramolecular Hbond substituents is 1. The van der Waals surface area contributed by atoms with Gasteiger partial charge in [-0.25, -0.2) is 4.79 Å². The lowest BCUT2D eigenvalue weighted by Crippen LogP contribution is -2.39. The van der Waals surface area contributed by atoms with Gasteiger partial charge in [0.25, 0.3) is 5.78 Å². The van der Waals surface area contributed by atoms with Gasteiger partial charge in [0.05, 0.1) is 23.3 Å². The lowest BCUT2D eigenvalue weighted by atomic mass is 9.72. The number of cyclic esters (lactones) is 1. The number of esters is 1. The Morgan fingerprint density at radius 3 is 2.46 bits per heavy atom. The summed E-state index contributed by atoms with van der Waals surface area (Å²) in [6.45, 7) is 6.06. The Kier molecular flexibility index (Phi) is 7.46. The van der Waals surface area contributed by atoms with Gasteiger partial charge in [-0.1, -0.05) is 19.1 Å². The van der Waals surface area contributed by atoms with Gasteiger partial charge in [0.2, 0.25) is 5.91 Å². The van der Waals surface area contributed by atoms with E-state index in [0.29, 0.717) is 12.8 Å². The molecule has 3 aliphatic rings. The molecule has 1 aromatic rings. The molecule has 4 bridgehead atoms. The third-order valence-corrected chi connectivity index (χ3v) is 7.62. The van der Waals surface area contributed by atoms with Crippen molar-refractivity contribution in [2.45, 2.75) is 64.8 Å². The number of aromatic hydroxyl groups is 1. The average Bonchev–Trinajstić information content (AvgIpc) is 3.12. The number of carbonyl (C=O) groups excluding carboxylic acids is 5. The van der Waals surface area contributed by atoms with Gasteiger partial charge in [0.15, 0.2) is 11.6 Å². The van der Waals surface area contributed by atoms with Gasteiger partial charge in [-0.15, -0.1) is 0 Å². The van der Waals surface area contributed by atoms with E-state index in [1.807, 2.05) is 6.92 Å². The minimum Gasteiger partial charge on any atom is -0.507 e. The van der Waals surface area contributed by atoms with Crippen molar-refractivity contribution in [1.29, 1.82) is 0 Å². The first-order valence-corrected chi connectivity index (χ1v) is 12.8. The summed E-state index contributed by atoms with van der Waals surface area (Å²) in [4.78, 5) is 65.3. The number of ketones is 3. The quantitative estimate of drug-likeness (QED) is 0.251. The van der Waals surface area contributed by atoms with Crippen LogP contribution in [-0.2, 0) is 24.7 Å². The van der Waals surface area contributed by atoms with Gasteiger partial charge in [0, 0.05) is 29.2 Å². The molecule has 0 spiro atoms. The number of phenols is 1. The van der Waals surface area contributed by atoms with Crippen molar-refractivity contribution in [2.75, 3.05) is 0 Å². The lowest BCUT2D eigenvalue weighted by molar-refractivity contribution is -0.157. The maximum absolute atomic E-state index is 13.5. The van der Waals surface area contributed by atoms with Gasteiger partial charge < -0.3 is 25.4 Å². The molecular formula is C29H31NO9. The normalized spacial score (nSPS) is 28.4. The molecule has 0 saturated carbocycles. The Morgan fingerprint density at radius 1 is 1.13 bits per heavy atom. The second-order valence-corrected chi connectivity index (χ2v) is 10.3. The van der Waals surface area contributed by atoms with Crippen LogP contribution in [0.2, 0.25) is 0 Å². The Morgan fingerprint density at radius 2 is 1.82 bits per heavy atom. The Balaban J connectivity index is 1.96. The predicted molar refractivity (Wildman–Crippen MR) is 138 cm³/mol. The number of benzene rings is 1. The fourth-order valence-corrected chi connectivity index (χ4v) is 5.26. The van der Waals surface area contributed by atoms with E-state index in [9.17, 15) is 39.3 Å². The van der Waals surface area contributed by atoms with Crippen molar-refractivity contribution in [3.8, 4) is 5.75 Å². The van der Waals surface area contributed by atoms with E-state index in [1.54, 1.807) is 6.08 Å². The van der Waals surface area contributed by atoms with E-state index in [2.05, 4.69) is 5.32 Å². The number of rotatable bonds is 2. The second-order valence-electron chi connectivity index (χ2n) is 10.3. The molecule has 10 heteroatoms. The molecule has 206 valence electrons. The second kappa shape index (κ2) is 10.3. The van der Waals surface area contributed by atoms with Crippen LogP contribution in [0.5, 0.6) is 5.75 Å². The Hall–Kier alpha value is -3.89. The number of hydrogen-bond donors (Lipinski definition) is 4. The van der Waals surface area contributed by atoms with Crippen molar-refractivity contribution >= 4 is 29.2 Å². The predicted octanol–water partition coefficient (Wildman–Crippen LogP) is 2.08. The van der Waals surface area contributed by atoms with Crippen LogP contribution >= 0.6 is 0 Å². The molecule has 2 aliphatic heterocycles. The fourth-order valence-electron chi connectivity index (χ4n) is 5.26. The molecule has 2 heterocycles. The van der Waals surface area contributed by atoms with Gasteiger partial charge in [0.1, 0.15) is 17.5 Å². The smallest absolute Gasteiger partial charge is 0.379 e. The third-order valence-electron chi connectivity index (χ3n) is 7.62. The van der Waals surface area contributed by atoms with Gasteiger partial charge in [-0.3, -0.25) is 19.2 Å². The first kappa shape index (κ1) is 28.1. The zero-order valence-electron chi connectivity index (χ0n) is 22.1. The minimum absolute atomic E-state index is 0.0588. The first-order valence-electron chi connectivity index (χ1n) is 12.8. The van der Waals surface area contributed by atoms with Crippen LogP contribution in [0.1, 0.15) is 71.9 Å². The number of nitrogens with one attached hydrogen (secondary N) is 1. The van der Waals surface area contributed by atoms with E-state index < -0.39 is 58.7 Å². The molecule has 39 heavy (non-hydrogen) atoms. The topological polar surface area (TPSA) is 167 Å². The largest absolute Gasteiger partial charge is 0.507 e. The number of ether oxygens (including phenoxy) is 1. The van der Waals surface area contributed by atoms with Crippen LogP contribution in [0.3, 0.4) is 0 Å². The number of hydrogen-bond acceptors (Lipinski definition) is 9. The van der Waals surface area contributed by atoms with E-state index in [-0.39, 0.29) is 45.9 Å². The number of aliphatic hydroxyl groups excluding tert-OH is 1. The summed E-state index contributed by atoms with van der Waals surface area (Å²) in [5.41, 5.74) is -2.82. The number of Topliss-reactive ketones (excluding diaryl/α,β-unsaturated/α-hetero) is 2. The molecule has 4 N–H and O–H groups in total. The summed E-state index contributed by atoms with van der Waals surface area (Å²) < 4.78 is 5.25. The molecule has 1 aromatic carbocycles. The fraction of sp³-hybridized carbons (Fsp3) is 0.414. The number of amides is 1.